The van der Waals surface area contributed by atoms with E-state index in [1.165, 1.54) is 0 Å². The molecule has 0 aromatic heterocycles. The zero-order valence-corrected chi connectivity index (χ0v) is 19.2. The number of nitrogens with one attached hydrogen (secondary N) is 2. The smallest absolute Gasteiger partial charge is 0.191 e. The highest BCUT2D eigenvalue weighted by Gasteiger charge is 2.18. The predicted molar refractivity (Wildman–Crippen MR) is 120 cm³/mol. The number of halogens is 1. The SMILES string of the molecule is CCNC(=NCC(C)N1CCN(C)CC1)NCCCN1CCOCC1.I. The minimum atomic E-state index is 0. The van der Waals surface area contributed by atoms with Gasteiger partial charge in [-0.25, -0.2) is 0 Å². The first-order valence-corrected chi connectivity index (χ1v) is 9.94. The summed E-state index contributed by atoms with van der Waals surface area (Å²) in [5.74, 6) is 0.949. The molecule has 0 aromatic carbocycles. The number of ether oxygens (including phenoxy) is 1. The van der Waals surface area contributed by atoms with Gasteiger partial charge in [-0.3, -0.25) is 14.8 Å². The molecule has 2 rings (SSSR count). The van der Waals surface area contributed by atoms with Crippen LogP contribution >= 0.6 is 24.0 Å². The Bertz CT molecular complexity index is 384. The van der Waals surface area contributed by atoms with Crippen LogP contribution in [0.25, 0.3) is 0 Å². The predicted octanol–water partition coefficient (Wildman–Crippen LogP) is 0.518. The fourth-order valence-corrected chi connectivity index (χ4v) is 3.28. The van der Waals surface area contributed by atoms with Gasteiger partial charge in [-0.15, -0.1) is 24.0 Å². The minimum Gasteiger partial charge on any atom is -0.379 e. The number of hydrogen-bond donors (Lipinski definition) is 2. The number of nitrogens with zero attached hydrogens (tertiary/aromatic N) is 4. The molecular formula is C18H39IN6O. The molecule has 0 bridgehead atoms. The van der Waals surface area contributed by atoms with Crippen molar-refractivity contribution in [3.63, 3.8) is 0 Å². The van der Waals surface area contributed by atoms with Crippen molar-refractivity contribution in [2.75, 3.05) is 85.7 Å². The summed E-state index contributed by atoms with van der Waals surface area (Å²) in [4.78, 5) is 12.2. The van der Waals surface area contributed by atoms with Gasteiger partial charge in [-0.1, -0.05) is 0 Å². The fourth-order valence-electron chi connectivity index (χ4n) is 3.28. The summed E-state index contributed by atoms with van der Waals surface area (Å²) < 4.78 is 5.39. The quantitative estimate of drug-likeness (QED) is 0.228. The van der Waals surface area contributed by atoms with Gasteiger partial charge in [0.25, 0.3) is 0 Å². The molecule has 26 heavy (non-hydrogen) atoms. The topological polar surface area (TPSA) is 55.4 Å². The summed E-state index contributed by atoms with van der Waals surface area (Å²) in [6, 6.07) is 0.498. The normalized spacial score (nSPS) is 21.9. The number of likely N-dealkylation sites (N-methyl/N-ethyl adjacent to an activating group) is 1. The van der Waals surface area contributed by atoms with E-state index in [1.807, 2.05) is 0 Å². The number of aliphatic imine (C=N–C) groups is 1. The molecule has 7 nitrogen and oxygen atoms in total. The van der Waals surface area contributed by atoms with Crippen molar-refractivity contribution in [3.8, 4) is 0 Å². The first-order valence-electron chi connectivity index (χ1n) is 9.94. The lowest BCUT2D eigenvalue weighted by Gasteiger charge is -2.35. The molecule has 0 spiro atoms. The van der Waals surface area contributed by atoms with Crippen molar-refractivity contribution in [1.29, 1.82) is 0 Å². The first-order chi connectivity index (χ1) is 12.2. The Hall–Kier alpha value is -0.160. The van der Waals surface area contributed by atoms with Crippen LogP contribution in [0.2, 0.25) is 0 Å². The largest absolute Gasteiger partial charge is 0.379 e. The molecule has 154 valence electrons. The number of guanidine groups is 1. The van der Waals surface area contributed by atoms with Gasteiger partial charge >= 0.3 is 0 Å². The first kappa shape index (κ1) is 23.9. The van der Waals surface area contributed by atoms with Gasteiger partial charge in [0.05, 0.1) is 19.8 Å². The summed E-state index contributed by atoms with van der Waals surface area (Å²) in [6.07, 6.45) is 1.14. The monoisotopic (exact) mass is 482 g/mol. The van der Waals surface area contributed by atoms with E-state index in [0.29, 0.717) is 6.04 Å². The summed E-state index contributed by atoms with van der Waals surface area (Å²) in [7, 11) is 2.20. The van der Waals surface area contributed by atoms with Gasteiger partial charge in [-0.05, 0) is 33.9 Å². The molecule has 0 saturated carbocycles. The van der Waals surface area contributed by atoms with E-state index in [0.717, 1.165) is 91.0 Å². The molecule has 0 aliphatic carbocycles. The van der Waals surface area contributed by atoms with Crippen molar-refractivity contribution >= 4 is 29.9 Å². The molecule has 2 aliphatic rings. The van der Waals surface area contributed by atoms with Crippen LogP contribution in [-0.4, -0.2) is 112 Å². The van der Waals surface area contributed by atoms with E-state index >= 15 is 0 Å². The molecule has 2 fully saturated rings. The average molecular weight is 482 g/mol. The van der Waals surface area contributed by atoms with Gasteiger partial charge in [0, 0.05) is 58.4 Å². The van der Waals surface area contributed by atoms with Crippen LogP contribution in [0, 0.1) is 0 Å². The Morgan fingerprint density at radius 3 is 2.42 bits per heavy atom. The number of hydrogen-bond acceptors (Lipinski definition) is 5. The fraction of sp³-hybridized carbons (Fsp3) is 0.944. The highest BCUT2D eigenvalue weighted by Crippen LogP contribution is 2.05. The molecule has 2 aliphatic heterocycles. The van der Waals surface area contributed by atoms with Gasteiger partial charge < -0.3 is 20.3 Å². The second-order valence-electron chi connectivity index (χ2n) is 7.14. The van der Waals surface area contributed by atoms with Crippen LogP contribution < -0.4 is 10.6 Å². The number of morpholine rings is 1. The molecule has 0 amide bonds. The van der Waals surface area contributed by atoms with Gasteiger partial charge in [0.2, 0.25) is 0 Å². The van der Waals surface area contributed by atoms with Crippen LogP contribution in [0.3, 0.4) is 0 Å². The maximum atomic E-state index is 5.39. The summed E-state index contributed by atoms with van der Waals surface area (Å²) in [5.41, 5.74) is 0. The summed E-state index contributed by atoms with van der Waals surface area (Å²) in [6.45, 7) is 16.8. The third-order valence-corrected chi connectivity index (χ3v) is 5.07. The standard InChI is InChI=1S/C18H38N6O.HI/c1-4-19-18(20-6-5-7-23-12-14-25-15-13-23)21-16-17(2)24-10-8-22(3)9-11-24;/h17H,4-16H2,1-3H3,(H2,19,20,21);1H. The van der Waals surface area contributed by atoms with Crippen molar-refractivity contribution in [3.05, 3.63) is 0 Å². The maximum Gasteiger partial charge on any atom is 0.191 e. The van der Waals surface area contributed by atoms with E-state index in [1.54, 1.807) is 0 Å². The summed E-state index contributed by atoms with van der Waals surface area (Å²) >= 11 is 0. The van der Waals surface area contributed by atoms with Crippen molar-refractivity contribution in [2.24, 2.45) is 4.99 Å². The van der Waals surface area contributed by atoms with Crippen LogP contribution in [-0.2, 0) is 4.74 Å². The molecule has 8 heteroatoms. The Labute approximate surface area is 176 Å². The second-order valence-corrected chi connectivity index (χ2v) is 7.14. The highest BCUT2D eigenvalue weighted by molar-refractivity contribution is 14.0. The third-order valence-electron chi connectivity index (χ3n) is 5.07. The van der Waals surface area contributed by atoms with Gasteiger partial charge in [-0.2, -0.15) is 0 Å². The number of piperazine rings is 1. The van der Waals surface area contributed by atoms with E-state index in [9.17, 15) is 0 Å². The Kier molecular flexibility index (Phi) is 12.8. The van der Waals surface area contributed by atoms with E-state index in [-0.39, 0.29) is 24.0 Å². The molecule has 0 radical (unpaired) electrons. The van der Waals surface area contributed by atoms with Crippen molar-refractivity contribution in [1.82, 2.24) is 25.3 Å². The number of rotatable bonds is 8. The van der Waals surface area contributed by atoms with Crippen LogP contribution in [0.1, 0.15) is 20.3 Å². The summed E-state index contributed by atoms with van der Waals surface area (Å²) in [5, 5.41) is 6.84. The Morgan fingerprint density at radius 2 is 1.77 bits per heavy atom. The third kappa shape index (κ3) is 9.16. The van der Waals surface area contributed by atoms with Crippen molar-refractivity contribution < 1.29 is 4.74 Å². The maximum absolute atomic E-state index is 5.39. The molecule has 1 unspecified atom stereocenters. The molecule has 2 N–H and O–H groups in total. The lowest BCUT2D eigenvalue weighted by Crippen LogP contribution is -2.49. The zero-order valence-electron chi connectivity index (χ0n) is 16.9. The zero-order chi connectivity index (χ0) is 17.9. The van der Waals surface area contributed by atoms with Crippen LogP contribution in [0.5, 0.6) is 0 Å². The molecule has 2 saturated heterocycles. The highest BCUT2D eigenvalue weighted by atomic mass is 127. The van der Waals surface area contributed by atoms with Crippen LogP contribution in [0.4, 0.5) is 0 Å². The van der Waals surface area contributed by atoms with Gasteiger partial charge in [0.15, 0.2) is 5.96 Å². The van der Waals surface area contributed by atoms with E-state index < -0.39 is 0 Å². The van der Waals surface area contributed by atoms with Crippen molar-refractivity contribution in [2.45, 2.75) is 26.3 Å². The molecule has 1 atom stereocenters. The molecule has 0 aromatic rings. The van der Waals surface area contributed by atoms with Gasteiger partial charge in [0.1, 0.15) is 0 Å². The molecule has 2 heterocycles. The lowest BCUT2D eigenvalue weighted by molar-refractivity contribution is 0.0376. The van der Waals surface area contributed by atoms with E-state index in [4.69, 9.17) is 9.73 Å². The van der Waals surface area contributed by atoms with E-state index in [2.05, 4.69) is 46.2 Å². The minimum absolute atomic E-state index is 0. The van der Waals surface area contributed by atoms with Crippen LogP contribution in [0.15, 0.2) is 4.99 Å². The Morgan fingerprint density at radius 1 is 1.08 bits per heavy atom. The Balaban J connectivity index is 0.00000338. The second kappa shape index (κ2) is 13.9. The lowest BCUT2D eigenvalue weighted by atomic mass is 10.2. The molecular weight excluding hydrogens is 443 g/mol. The average Bonchev–Trinajstić information content (AvgIpc) is 2.64.